The second-order valence-corrected chi connectivity index (χ2v) is 6.29. The summed E-state index contributed by atoms with van der Waals surface area (Å²) < 4.78 is 10.8. The summed E-state index contributed by atoms with van der Waals surface area (Å²) >= 11 is 0. The van der Waals surface area contributed by atoms with Crippen molar-refractivity contribution in [2.45, 2.75) is 6.92 Å². The summed E-state index contributed by atoms with van der Waals surface area (Å²) in [6.45, 7) is 1.08. The van der Waals surface area contributed by atoms with Crippen molar-refractivity contribution in [1.82, 2.24) is 15.0 Å². The number of nitrogen functional groups attached to an aromatic ring is 1. The van der Waals surface area contributed by atoms with Gasteiger partial charge in [0.05, 0.1) is 31.6 Å². The molecule has 9 heteroatoms. The molecule has 3 heterocycles. The van der Waals surface area contributed by atoms with E-state index in [2.05, 4.69) is 15.0 Å². The number of aromatic hydroxyl groups is 1. The van der Waals surface area contributed by atoms with Crippen LogP contribution in [-0.2, 0) is 4.79 Å². The average Bonchev–Trinajstić information content (AvgIpc) is 2.72. The summed E-state index contributed by atoms with van der Waals surface area (Å²) in [4.78, 5) is 21.9. The van der Waals surface area contributed by atoms with Crippen LogP contribution in [0.4, 0.5) is 5.82 Å². The van der Waals surface area contributed by atoms with Crippen LogP contribution in [0.5, 0.6) is 17.2 Å². The molecular formula is C21H20N4O5. The van der Waals surface area contributed by atoms with E-state index in [1.807, 2.05) is 18.2 Å². The van der Waals surface area contributed by atoms with Crippen LogP contribution >= 0.6 is 0 Å². The first-order valence-electron chi connectivity index (χ1n) is 8.79. The highest BCUT2D eigenvalue weighted by atomic mass is 16.5. The molecule has 0 radical (unpaired) electrons. The van der Waals surface area contributed by atoms with Gasteiger partial charge in [-0.2, -0.15) is 0 Å². The number of aliphatic carboxylic acids is 1. The lowest BCUT2D eigenvalue weighted by Crippen LogP contribution is -1.97. The second-order valence-electron chi connectivity index (χ2n) is 6.29. The van der Waals surface area contributed by atoms with Gasteiger partial charge >= 0.3 is 0 Å². The van der Waals surface area contributed by atoms with Gasteiger partial charge in [0.2, 0.25) is 0 Å². The molecule has 0 fully saturated rings. The third-order valence-electron chi connectivity index (χ3n) is 4.23. The Bertz CT molecular complexity index is 1240. The maximum Gasteiger partial charge on any atom is 0.300 e. The molecule has 4 rings (SSSR count). The van der Waals surface area contributed by atoms with Crippen molar-refractivity contribution in [2.75, 3.05) is 20.0 Å². The highest BCUT2D eigenvalue weighted by Crippen LogP contribution is 2.37. The maximum absolute atomic E-state index is 9.69. The standard InChI is InChI=1S/C19H16N4O3.C2H4O2/c1-25-17-5-13-12-4-15(10-3-11(24)8-21-7-10)23-19(20)14(12)9-22-16(13)6-18(17)26-2;1-2(3)4/h3-9,24H,1-2H3,(H2,20,23);1H3,(H,3,4). The number of anilines is 1. The van der Waals surface area contributed by atoms with Crippen LogP contribution in [0.25, 0.3) is 32.9 Å². The molecule has 4 aromatic rings. The van der Waals surface area contributed by atoms with Gasteiger partial charge in [-0.1, -0.05) is 0 Å². The van der Waals surface area contributed by atoms with Crippen molar-refractivity contribution >= 4 is 33.5 Å². The number of carboxylic acid groups (broad SMARTS) is 1. The monoisotopic (exact) mass is 408 g/mol. The molecule has 9 nitrogen and oxygen atoms in total. The predicted octanol–water partition coefficient (Wildman–Crippen LogP) is 3.24. The molecule has 0 bridgehead atoms. The van der Waals surface area contributed by atoms with Gasteiger partial charge in [-0.3, -0.25) is 14.8 Å². The van der Waals surface area contributed by atoms with Gasteiger partial charge < -0.3 is 25.4 Å². The molecule has 0 aliphatic carbocycles. The fourth-order valence-corrected chi connectivity index (χ4v) is 2.97. The molecule has 0 aliphatic rings. The fraction of sp³-hybridized carbons (Fsp3) is 0.143. The number of fused-ring (bicyclic) bond motifs is 3. The van der Waals surface area contributed by atoms with E-state index in [9.17, 15) is 5.11 Å². The number of carboxylic acids is 1. The van der Waals surface area contributed by atoms with Crippen LogP contribution in [-0.4, -0.2) is 45.4 Å². The van der Waals surface area contributed by atoms with Crippen LogP contribution in [0.1, 0.15) is 6.92 Å². The van der Waals surface area contributed by atoms with Crippen LogP contribution < -0.4 is 15.2 Å². The maximum atomic E-state index is 9.69. The number of aromatic nitrogens is 3. The van der Waals surface area contributed by atoms with Crippen molar-refractivity contribution in [3.63, 3.8) is 0 Å². The minimum absolute atomic E-state index is 0.0639. The van der Waals surface area contributed by atoms with E-state index in [4.69, 9.17) is 25.1 Å². The van der Waals surface area contributed by atoms with Gasteiger partial charge in [-0.25, -0.2) is 4.98 Å². The number of carbonyl (C=O) groups is 1. The van der Waals surface area contributed by atoms with Crippen molar-refractivity contribution in [1.29, 1.82) is 0 Å². The Morgan fingerprint density at radius 3 is 2.27 bits per heavy atom. The molecule has 4 N–H and O–H groups in total. The summed E-state index contributed by atoms with van der Waals surface area (Å²) in [6, 6.07) is 7.18. The number of benzene rings is 1. The Hall–Kier alpha value is -4.14. The number of rotatable bonds is 3. The molecule has 0 saturated carbocycles. The van der Waals surface area contributed by atoms with E-state index in [0.29, 0.717) is 28.6 Å². The summed E-state index contributed by atoms with van der Waals surface area (Å²) in [6.07, 6.45) is 4.68. The second kappa shape index (κ2) is 8.48. The lowest BCUT2D eigenvalue weighted by Gasteiger charge is -2.12. The van der Waals surface area contributed by atoms with E-state index in [1.165, 1.54) is 6.20 Å². The van der Waals surface area contributed by atoms with E-state index in [1.54, 1.807) is 32.7 Å². The molecule has 3 aromatic heterocycles. The van der Waals surface area contributed by atoms with E-state index in [0.717, 1.165) is 28.6 Å². The topological polar surface area (TPSA) is 141 Å². The molecule has 0 unspecified atom stereocenters. The highest BCUT2D eigenvalue weighted by Gasteiger charge is 2.13. The van der Waals surface area contributed by atoms with E-state index >= 15 is 0 Å². The van der Waals surface area contributed by atoms with Gasteiger partial charge in [0.15, 0.2) is 11.5 Å². The quantitative estimate of drug-likeness (QED) is 0.436. The lowest BCUT2D eigenvalue weighted by atomic mass is 10.0. The van der Waals surface area contributed by atoms with Gasteiger partial charge in [-0.05, 0) is 23.6 Å². The molecule has 0 saturated heterocycles. The normalized spacial score (nSPS) is 10.4. The molecule has 0 aliphatic heterocycles. The van der Waals surface area contributed by atoms with Gasteiger partial charge in [-0.15, -0.1) is 0 Å². The Kier molecular flexibility index (Phi) is 5.82. The van der Waals surface area contributed by atoms with Crippen molar-refractivity contribution in [3.8, 4) is 28.5 Å². The summed E-state index contributed by atoms with van der Waals surface area (Å²) in [7, 11) is 3.17. The smallest absolute Gasteiger partial charge is 0.300 e. The zero-order valence-corrected chi connectivity index (χ0v) is 16.6. The number of hydrogen-bond donors (Lipinski definition) is 3. The number of pyridine rings is 3. The largest absolute Gasteiger partial charge is 0.506 e. The van der Waals surface area contributed by atoms with Crippen LogP contribution in [0.15, 0.2) is 42.9 Å². The SMILES string of the molecule is CC(=O)O.COc1cc2ncc3c(N)nc(-c4cncc(O)c4)cc3c2cc1OC. The minimum atomic E-state index is -0.833. The van der Waals surface area contributed by atoms with Crippen molar-refractivity contribution in [2.24, 2.45) is 0 Å². The number of hydrogen-bond acceptors (Lipinski definition) is 8. The van der Waals surface area contributed by atoms with Gasteiger partial charge in [0.1, 0.15) is 11.6 Å². The van der Waals surface area contributed by atoms with E-state index < -0.39 is 5.97 Å². The molecule has 0 spiro atoms. The Morgan fingerprint density at radius 2 is 1.63 bits per heavy atom. The Morgan fingerprint density at radius 1 is 0.967 bits per heavy atom. The van der Waals surface area contributed by atoms with Crippen molar-refractivity contribution < 1.29 is 24.5 Å². The summed E-state index contributed by atoms with van der Waals surface area (Å²) in [5.41, 5.74) is 8.19. The van der Waals surface area contributed by atoms with Crippen LogP contribution in [0, 0.1) is 0 Å². The minimum Gasteiger partial charge on any atom is -0.506 e. The zero-order chi connectivity index (χ0) is 21.8. The Balaban J connectivity index is 0.000000589. The lowest BCUT2D eigenvalue weighted by molar-refractivity contribution is -0.134. The number of methoxy groups -OCH3 is 2. The summed E-state index contributed by atoms with van der Waals surface area (Å²) in [5.74, 6) is 0.788. The molecular weight excluding hydrogens is 388 g/mol. The molecule has 0 amide bonds. The van der Waals surface area contributed by atoms with Crippen LogP contribution in [0.3, 0.4) is 0 Å². The predicted molar refractivity (Wildman–Crippen MR) is 113 cm³/mol. The molecule has 0 atom stereocenters. The van der Waals surface area contributed by atoms with Gasteiger partial charge in [0.25, 0.3) is 5.97 Å². The first-order chi connectivity index (χ1) is 14.3. The number of nitrogens with two attached hydrogens (primary N) is 1. The van der Waals surface area contributed by atoms with E-state index in [-0.39, 0.29) is 5.75 Å². The third kappa shape index (κ3) is 4.14. The Labute approximate surface area is 171 Å². The average molecular weight is 408 g/mol. The first kappa shape index (κ1) is 20.6. The summed E-state index contributed by atoms with van der Waals surface area (Å²) in [5, 5.41) is 19.6. The number of ether oxygens (including phenoxy) is 2. The number of nitrogens with zero attached hydrogens (tertiary/aromatic N) is 3. The molecule has 154 valence electrons. The van der Waals surface area contributed by atoms with Crippen LogP contribution in [0.2, 0.25) is 0 Å². The fourth-order valence-electron chi connectivity index (χ4n) is 2.97. The third-order valence-corrected chi connectivity index (χ3v) is 4.23. The van der Waals surface area contributed by atoms with Gasteiger partial charge in [0, 0.05) is 41.7 Å². The van der Waals surface area contributed by atoms with Crippen molar-refractivity contribution in [3.05, 3.63) is 42.9 Å². The molecule has 30 heavy (non-hydrogen) atoms. The highest BCUT2D eigenvalue weighted by molar-refractivity contribution is 6.10. The zero-order valence-electron chi connectivity index (χ0n) is 16.6. The first-order valence-corrected chi connectivity index (χ1v) is 8.79. The molecule has 1 aromatic carbocycles.